The lowest BCUT2D eigenvalue weighted by atomic mass is 9.97. The van der Waals surface area contributed by atoms with E-state index in [0.29, 0.717) is 13.0 Å². The summed E-state index contributed by atoms with van der Waals surface area (Å²) in [5.74, 6) is 0.654. The minimum atomic E-state index is -2.73. The molecule has 2 aromatic heterocycles. The predicted molar refractivity (Wildman–Crippen MR) is 120 cm³/mol. The molecule has 0 spiro atoms. The van der Waals surface area contributed by atoms with Crippen molar-refractivity contribution in [3.05, 3.63) is 23.5 Å². The van der Waals surface area contributed by atoms with E-state index in [-0.39, 0.29) is 24.0 Å². The zero-order chi connectivity index (χ0) is 23.3. The molecule has 3 saturated heterocycles. The second kappa shape index (κ2) is 8.77. The lowest BCUT2D eigenvalue weighted by Crippen LogP contribution is -2.52. The fourth-order valence-corrected chi connectivity index (χ4v) is 5.43. The van der Waals surface area contributed by atoms with Crippen LogP contribution in [-0.2, 0) is 4.79 Å². The van der Waals surface area contributed by atoms with Gasteiger partial charge in [0.25, 0.3) is 0 Å². The summed E-state index contributed by atoms with van der Waals surface area (Å²) in [4.78, 5) is 22.2. The molecule has 0 radical (unpaired) electrons. The molecule has 3 aliphatic rings. The molecule has 0 saturated carbocycles. The monoisotopic (exact) mass is 462 g/mol. The first-order chi connectivity index (χ1) is 15.8. The summed E-state index contributed by atoms with van der Waals surface area (Å²) in [7, 11) is 0. The first-order valence-electron chi connectivity index (χ1n) is 11.8. The largest absolute Gasteiger partial charge is 0.355 e. The Balaban J connectivity index is 1.43. The SMILES string of the molecule is Cc1cn2nc([C@@H]3CCCCN3C(=O)C3CC(C)NN3C(F)F)cc2nc1N1CC[C@H](N)C1. The number of fused-ring (bicyclic) bond motifs is 1. The first-order valence-corrected chi connectivity index (χ1v) is 11.8. The highest BCUT2D eigenvalue weighted by Gasteiger charge is 2.43. The zero-order valence-electron chi connectivity index (χ0n) is 19.1. The van der Waals surface area contributed by atoms with Gasteiger partial charge >= 0.3 is 6.55 Å². The fraction of sp³-hybridized carbons (Fsp3) is 0.682. The number of carbonyl (C=O) groups is 1. The van der Waals surface area contributed by atoms with Gasteiger partial charge in [-0.3, -0.25) is 4.79 Å². The van der Waals surface area contributed by atoms with Gasteiger partial charge in [-0.15, -0.1) is 0 Å². The molecule has 2 aromatic rings. The van der Waals surface area contributed by atoms with E-state index >= 15 is 0 Å². The number of alkyl halides is 2. The molecular weight excluding hydrogens is 430 g/mol. The molecule has 0 aromatic carbocycles. The molecule has 0 bridgehead atoms. The standard InChI is InChI=1S/C22H32F2N8O/c1-13-11-31-19(26-20(13)29-8-6-15(25)12-29)10-16(28-31)17-5-3-4-7-30(17)21(33)18-9-14(2)27-32(18)22(23)24/h10-11,14-15,17-18,22,27H,3-9,12,25H2,1-2H3/t14?,15-,17-,18?/m0/s1. The van der Waals surface area contributed by atoms with Crippen LogP contribution in [0, 0.1) is 6.92 Å². The van der Waals surface area contributed by atoms with Crippen molar-refractivity contribution in [2.75, 3.05) is 24.5 Å². The number of carbonyl (C=O) groups excluding carboxylic acids is 1. The van der Waals surface area contributed by atoms with Crippen molar-refractivity contribution in [2.45, 2.75) is 76.7 Å². The Bertz CT molecular complexity index is 1030. The summed E-state index contributed by atoms with van der Waals surface area (Å²) in [6.07, 6.45) is 5.84. The third-order valence-corrected chi connectivity index (χ3v) is 7.05. The third-order valence-electron chi connectivity index (χ3n) is 7.05. The van der Waals surface area contributed by atoms with Gasteiger partial charge in [0.1, 0.15) is 11.9 Å². The van der Waals surface area contributed by atoms with Crippen molar-refractivity contribution in [2.24, 2.45) is 5.73 Å². The highest BCUT2D eigenvalue weighted by atomic mass is 19.3. The molecule has 0 aliphatic carbocycles. The van der Waals surface area contributed by atoms with E-state index in [0.717, 1.165) is 66.5 Å². The van der Waals surface area contributed by atoms with Gasteiger partial charge in [0.05, 0.1) is 11.7 Å². The molecule has 3 N–H and O–H groups in total. The topological polar surface area (TPSA) is 95.0 Å². The quantitative estimate of drug-likeness (QED) is 0.670. The molecule has 11 heteroatoms. The Labute approximate surface area is 191 Å². The number of aryl methyl sites for hydroxylation is 1. The number of nitrogens with zero attached hydrogens (tertiary/aromatic N) is 6. The zero-order valence-corrected chi connectivity index (χ0v) is 19.1. The van der Waals surface area contributed by atoms with Crippen LogP contribution < -0.4 is 16.1 Å². The van der Waals surface area contributed by atoms with Crippen molar-refractivity contribution in [1.29, 1.82) is 0 Å². The maximum absolute atomic E-state index is 13.5. The third kappa shape index (κ3) is 4.17. The smallest absolute Gasteiger partial charge is 0.307 e. The summed E-state index contributed by atoms with van der Waals surface area (Å²) in [6.45, 7) is 3.30. The highest BCUT2D eigenvalue weighted by Crippen LogP contribution is 2.34. The molecule has 180 valence electrons. The number of rotatable bonds is 4. The number of hydrogen-bond donors (Lipinski definition) is 2. The second-order valence-electron chi connectivity index (χ2n) is 9.62. The lowest BCUT2D eigenvalue weighted by Gasteiger charge is -2.37. The van der Waals surface area contributed by atoms with Gasteiger partial charge in [0, 0.05) is 49.5 Å². The molecule has 4 atom stereocenters. The van der Waals surface area contributed by atoms with E-state index < -0.39 is 12.6 Å². The Hall–Kier alpha value is -2.37. The Morgan fingerprint density at radius 3 is 2.82 bits per heavy atom. The first kappa shape index (κ1) is 22.4. The lowest BCUT2D eigenvalue weighted by molar-refractivity contribution is -0.149. The summed E-state index contributed by atoms with van der Waals surface area (Å²) in [5.41, 5.74) is 11.3. The molecule has 2 unspecified atom stereocenters. The normalized spacial score (nSPS) is 29.0. The van der Waals surface area contributed by atoms with E-state index in [1.807, 2.05) is 26.1 Å². The van der Waals surface area contributed by atoms with E-state index in [2.05, 4.69) is 10.3 Å². The van der Waals surface area contributed by atoms with Crippen LogP contribution in [0.5, 0.6) is 0 Å². The summed E-state index contributed by atoms with van der Waals surface area (Å²) in [6, 6.07) is 0.799. The number of piperidine rings is 1. The van der Waals surface area contributed by atoms with Crippen LogP contribution >= 0.6 is 0 Å². The van der Waals surface area contributed by atoms with Crippen molar-refractivity contribution in [3.63, 3.8) is 0 Å². The number of aromatic nitrogens is 3. The number of likely N-dealkylation sites (tertiary alicyclic amines) is 1. The van der Waals surface area contributed by atoms with Crippen molar-refractivity contribution in [3.8, 4) is 0 Å². The summed E-state index contributed by atoms with van der Waals surface area (Å²) in [5, 5.41) is 5.55. The van der Waals surface area contributed by atoms with Gasteiger partial charge in [-0.1, -0.05) is 0 Å². The average Bonchev–Trinajstić information content (AvgIpc) is 3.50. The maximum atomic E-state index is 13.5. The number of hydrazine groups is 1. The molecule has 3 fully saturated rings. The summed E-state index contributed by atoms with van der Waals surface area (Å²) >= 11 is 0. The van der Waals surface area contributed by atoms with Crippen molar-refractivity contribution >= 4 is 17.4 Å². The Morgan fingerprint density at radius 1 is 1.27 bits per heavy atom. The van der Waals surface area contributed by atoms with Crippen LogP contribution in [0.25, 0.3) is 5.65 Å². The van der Waals surface area contributed by atoms with E-state index in [4.69, 9.17) is 15.8 Å². The van der Waals surface area contributed by atoms with E-state index in [1.165, 1.54) is 0 Å². The molecule has 33 heavy (non-hydrogen) atoms. The Kier molecular flexibility index (Phi) is 5.96. The van der Waals surface area contributed by atoms with Gasteiger partial charge in [-0.25, -0.2) is 14.9 Å². The minimum Gasteiger partial charge on any atom is -0.355 e. The molecule has 9 nitrogen and oxygen atoms in total. The van der Waals surface area contributed by atoms with Crippen LogP contribution in [0.4, 0.5) is 14.6 Å². The number of hydrogen-bond acceptors (Lipinski definition) is 7. The highest BCUT2D eigenvalue weighted by molar-refractivity contribution is 5.82. The van der Waals surface area contributed by atoms with Gasteiger partial charge < -0.3 is 15.5 Å². The molecule has 1 amide bonds. The number of nitrogens with one attached hydrogen (secondary N) is 1. The van der Waals surface area contributed by atoms with Gasteiger partial charge in [-0.05, 0) is 46.0 Å². The Morgan fingerprint density at radius 2 is 2.09 bits per heavy atom. The van der Waals surface area contributed by atoms with Gasteiger partial charge in [0.15, 0.2) is 5.65 Å². The second-order valence-corrected chi connectivity index (χ2v) is 9.62. The number of nitrogens with two attached hydrogens (primary N) is 1. The van der Waals surface area contributed by atoms with Crippen LogP contribution in [0.2, 0.25) is 0 Å². The molecule has 3 aliphatic heterocycles. The predicted octanol–water partition coefficient (Wildman–Crippen LogP) is 1.82. The average molecular weight is 463 g/mol. The molecule has 5 heterocycles. The van der Waals surface area contributed by atoms with Crippen molar-refractivity contribution in [1.82, 2.24) is 29.9 Å². The number of halogens is 2. The molecular formula is C22H32F2N8O. The van der Waals surface area contributed by atoms with Crippen LogP contribution in [0.15, 0.2) is 12.3 Å². The maximum Gasteiger partial charge on any atom is 0.307 e. The minimum absolute atomic E-state index is 0.158. The number of amides is 1. The van der Waals surface area contributed by atoms with Gasteiger partial charge in [-0.2, -0.15) is 18.9 Å². The summed E-state index contributed by atoms with van der Waals surface area (Å²) < 4.78 is 28.8. The van der Waals surface area contributed by atoms with E-state index in [9.17, 15) is 13.6 Å². The van der Waals surface area contributed by atoms with Crippen LogP contribution in [-0.4, -0.2) is 74.7 Å². The van der Waals surface area contributed by atoms with Gasteiger partial charge in [0.2, 0.25) is 5.91 Å². The molecule has 5 rings (SSSR count). The van der Waals surface area contributed by atoms with Crippen LogP contribution in [0.1, 0.15) is 56.3 Å². The van der Waals surface area contributed by atoms with Crippen molar-refractivity contribution < 1.29 is 13.6 Å². The fourth-order valence-electron chi connectivity index (χ4n) is 5.43. The number of anilines is 1. The van der Waals surface area contributed by atoms with E-state index in [1.54, 1.807) is 9.42 Å². The van der Waals surface area contributed by atoms with Crippen LogP contribution in [0.3, 0.4) is 0 Å².